The fourth-order valence-electron chi connectivity index (χ4n) is 2.90. The average Bonchev–Trinajstić information content (AvgIpc) is 2.51. The minimum atomic E-state index is -0.847. The van der Waals surface area contributed by atoms with Crippen molar-refractivity contribution in [3.63, 3.8) is 0 Å². The second kappa shape index (κ2) is 5.91. The highest BCUT2D eigenvalue weighted by molar-refractivity contribution is 6.17. The summed E-state index contributed by atoms with van der Waals surface area (Å²) < 4.78 is 11.7. The molecule has 23 heavy (non-hydrogen) atoms. The SMILES string of the molecule is [B]C1(C)C=Cc2c(OC)c(COOC)c3cc(C)ccc3c2O1. The molecule has 0 saturated carbocycles. The van der Waals surface area contributed by atoms with Crippen LogP contribution in [0.1, 0.15) is 23.6 Å². The molecule has 0 bridgehead atoms. The number of benzene rings is 2. The summed E-state index contributed by atoms with van der Waals surface area (Å²) in [6.07, 6.45) is 3.76. The number of methoxy groups -OCH3 is 1. The van der Waals surface area contributed by atoms with Crippen LogP contribution in [-0.4, -0.2) is 27.6 Å². The number of rotatable bonds is 4. The number of fused-ring (bicyclic) bond motifs is 3. The molecule has 0 fully saturated rings. The highest BCUT2D eigenvalue weighted by atomic mass is 17.2. The van der Waals surface area contributed by atoms with E-state index in [0.29, 0.717) is 5.75 Å². The predicted molar refractivity (Wildman–Crippen MR) is 90.9 cm³/mol. The van der Waals surface area contributed by atoms with Gasteiger partial charge < -0.3 is 9.47 Å². The van der Waals surface area contributed by atoms with Crippen molar-refractivity contribution in [2.45, 2.75) is 26.0 Å². The Kier molecular flexibility index (Phi) is 4.09. The van der Waals surface area contributed by atoms with E-state index in [0.717, 1.165) is 33.2 Å². The van der Waals surface area contributed by atoms with Gasteiger partial charge in [0.1, 0.15) is 26.0 Å². The Labute approximate surface area is 137 Å². The average molecular weight is 310 g/mol. The Morgan fingerprint density at radius 3 is 2.70 bits per heavy atom. The first-order valence-electron chi connectivity index (χ1n) is 7.43. The van der Waals surface area contributed by atoms with Crippen LogP contribution >= 0.6 is 0 Å². The summed E-state index contributed by atoms with van der Waals surface area (Å²) in [6, 6.07) is 6.17. The molecule has 118 valence electrons. The Balaban J connectivity index is 2.35. The molecule has 2 aromatic carbocycles. The summed E-state index contributed by atoms with van der Waals surface area (Å²) in [5, 5.41) is 1.98. The van der Waals surface area contributed by atoms with Gasteiger partial charge in [-0.25, -0.2) is 9.78 Å². The maximum atomic E-state index is 6.13. The molecule has 2 radical (unpaired) electrons. The van der Waals surface area contributed by atoms with Crippen LogP contribution in [0.15, 0.2) is 24.3 Å². The lowest BCUT2D eigenvalue weighted by molar-refractivity contribution is -0.282. The van der Waals surface area contributed by atoms with Crippen LogP contribution in [0.25, 0.3) is 16.8 Å². The molecule has 1 aliphatic heterocycles. The van der Waals surface area contributed by atoms with Gasteiger partial charge in [0.25, 0.3) is 0 Å². The van der Waals surface area contributed by atoms with E-state index in [1.165, 1.54) is 7.11 Å². The van der Waals surface area contributed by atoms with Crippen molar-refractivity contribution >= 4 is 24.7 Å². The molecule has 4 nitrogen and oxygen atoms in total. The van der Waals surface area contributed by atoms with E-state index in [1.807, 2.05) is 38.1 Å². The maximum absolute atomic E-state index is 6.13. The molecule has 0 amide bonds. The predicted octanol–water partition coefficient (Wildman–Crippen LogP) is 3.53. The van der Waals surface area contributed by atoms with Crippen molar-refractivity contribution < 1.29 is 19.2 Å². The molecule has 1 heterocycles. The standard InChI is InChI=1S/C18H19BO4/c1-11-5-6-12-14(9-11)15(10-22-21-4)16(20-3)13-7-8-18(2,19)23-17(12)13/h5-9H,10H2,1-4H3. The Morgan fingerprint density at radius 1 is 1.22 bits per heavy atom. The summed E-state index contributed by atoms with van der Waals surface area (Å²) in [4.78, 5) is 9.95. The Bertz CT molecular complexity index is 780. The van der Waals surface area contributed by atoms with Crippen molar-refractivity contribution in [2.24, 2.45) is 0 Å². The van der Waals surface area contributed by atoms with Gasteiger partial charge >= 0.3 is 0 Å². The van der Waals surface area contributed by atoms with Crippen LogP contribution in [0, 0.1) is 6.92 Å². The normalized spacial score (nSPS) is 19.5. The van der Waals surface area contributed by atoms with Crippen molar-refractivity contribution in [1.82, 2.24) is 0 Å². The molecule has 0 aliphatic carbocycles. The number of aryl methyl sites for hydroxylation is 1. The third-order valence-electron chi connectivity index (χ3n) is 3.94. The monoisotopic (exact) mass is 310 g/mol. The van der Waals surface area contributed by atoms with Gasteiger partial charge in [0, 0.05) is 10.9 Å². The van der Waals surface area contributed by atoms with Gasteiger partial charge in [-0.15, -0.1) is 0 Å². The minimum absolute atomic E-state index is 0.278. The van der Waals surface area contributed by atoms with Crippen molar-refractivity contribution in [1.29, 1.82) is 0 Å². The quantitative estimate of drug-likeness (QED) is 0.492. The molecular weight excluding hydrogens is 291 g/mol. The van der Waals surface area contributed by atoms with E-state index in [4.69, 9.17) is 27.1 Å². The molecule has 1 unspecified atom stereocenters. The number of ether oxygens (including phenoxy) is 2. The van der Waals surface area contributed by atoms with Gasteiger partial charge in [0.2, 0.25) is 0 Å². The fourth-order valence-corrected chi connectivity index (χ4v) is 2.90. The Hall–Kier alpha value is -1.98. The third kappa shape index (κ3) is 2.82. The van der Waals surface area contributed by atoms with E-state index >= 15 is 0 Å². The molecule has 0 aromatic heterocycles. The van der Waals surface area contributed by atoms with Crippen molar-refractivity contribution in [3.05, 3.63) is 41.0 Å². The molecule has 2 aromatic rings. The number of hydrogen-bond acceptors (Lipinski definition) is 4. The van der Waals surface area contributed by atoms with Crippen LogP contribution in [0.4, 0.5) is 0 Å². The molecule has 1 atom stereocenters. The molecule has 0 N–H and O–H groups in total. The van der Waals surface area contributed by atoms with Crippen molar-refractivity contribution in [2.75, 3.05) is 14.2 Å². The number of hydrogen-bond donors (Lipinski definition) is 0. The van der Waals surface area contributed by atoms with E-state index in [-0.39, 0.29) is 6.61 Å². The first-order chi connectivity index (χ1) is 11.0. The van der Waals surface area contributed by atoms with Crippen LogP contribution in [0.5, 0.6) is 11.5 Å². The van der Waals surface area contributed by atoms with Gasteiger partial charge in [-0.05, 0) is 25.3 Å². The summed E-state index contributed by atoms with van der Waals surface area (Å²) in [5.74, 6) is 1.44. The molecule has 0 spiro atoms. The smallest absolute Gasteiger partial charge is 0.138 e. The van der Waals surface area contributed by atoms with Gasteiger partial charge in [-0.1, -0.05) is 29.8 Å². The van der Waals surface area contributed by atoms with E-state index in [1.54, 1.807) is 7.11 Å². The van der Waals surface area contributed by atoms with Crippen molar-refractivity contribution in [3.8, 4) is 11.5 Å². The molecule has 3 rings (SSSR count). The van der Waals surface area contributed by atoms with E-state index < -0.39 is 5.50 Å². The largest absolute Gasteiger partial charge is 0.496 e. The fraction of sp³-hybridized carbons (Fsp3) is 0.333. The van der Waals surface area contributed by atoms with E-state index in [9.17, 15) is 0 Å². The zero-order valence-electron chi connectivity index (χ0n) is 13.8. The lowest BCUT2D eigenvalue weighted by Gasteiger charge is -2.31. The zero-order valence-corrected chi connectivity index (χ0v) is 13.8. The topological polar surface area (TPSA) is 36.9 Å². The van der Waals surface area contributed by atoms with Crippen LogP contribution in [-0.2, 0) is 16.4 Å². The van der Waals surface area contributed by atoms with Crippen LogP contribution in [0.2, 0.25) is 0 Å². The second-order valence-electron chi connectivity index (χ2n) is 5.85. The summed E-state index contributed by atoms with van der Waals surface area (Å²) >= 11 is 0. The summed E-state index contributed by atoms with van der Waals surface area (Å²) in [6.45, 7) is 4.14. The lowest BCUT2D eigenvalue weighted by Crippen LogP contribution is -2.32. The molecule has 1 aliphatic rings. The third-order valence-corrected chi connectivity index (χ3v) is 3.94. The summed E-state index contributed by atoms with van der Waals surface area (Å²) in [7, 11) is 9.25. The molecule has 5 heteroatoms. The highest BCUT2D eigenvalue weighted by Gasteiger charge is 2.28. The zero-order chi connectivity index (χ0) is 16.6. The van der Waals surface area contributed by atoms with Crippen LogP contribution in [0.3, 0.4) is 0 Å². The van der Waals surface area contributed by atoms with Gasteiger partial charge in [0.15, 0.2) is 0 Å². The Morgan fingerprint density at radius 2 is 2.00 bits per heavy atom. The summed E-state index contributed by atoms with van der Waals surface area (Å²) in [5.41, 5.74) is 2.07. The minimum Gasteiger partial charge on any atom is -0.496 e. The maximum Gasteiger partial charge on any atom is 0.138 e. The molecular formula is C18H19BO4. The first-order valence-corrected chi connectivity index (χ1v) is 7.43. The van der Waals surface area contributed by atoms with Gasteiger partial charge in [-0.2, -0.15) is 0 Å². The van der Waals surface area contributed by atoms with Gasteiger partial charge in [0.05, 0.1) is 25.3 Å². The van der Waals surface area contributed by atoms with Gasteiger partial charge in [-0.3, -0.25) is 0 Å². The van der Waals surface area contributed by atoms with E-state index in [2.05, 4.69) is 6.07 Å². The second-order valence-corrected chi connectivity index (χ2v) is 5.85. The highest BCUT2D eigenvalue weighted by Crippen LogP contribution is 2.45. The van der Waals surface area contributed by atoms with Crippen LogP contribution < -0.4 is 9.47 Å². The molecule has 0 saturated heterocycles. The first kappa shape index (κ1) is 15.9. The lowest BCUT2D eigenvalue weighted by atomic mass is 9.80.